The van der Waals surface area contributed by atoms with Gasteiger partial charge in [-0.3, -0.25) is 18.6 Å². The van der Waals surface area contributed by atoms with E-state index < -0.39 is 0 Å². The monoisotopic (exact) mass is 455 g/mol. The maximum Gasteiger partial charge on any atom is 0.262 e. The van der Waals surface area contributed by atoms with Crippen LogP contribution in [0.25, 0.3) is 16.7 Å². The molecule has 1 saturated carbocycles. The summed E-state index contributed by atoms with van der Waals surface area (Å²) in [5.41, 5.74) is 0.739. The Bertz CT molecular complexity index is 1160. The summed E-state index contributed by atoms with van der Waals surface area (Å²) in [6.45, 7) is 7.16. The molecular formula is C24H33N5O2S. The first-order valence-corrected chi connectivity index (χ1v) is 12.6. The maximum atomic E-state index is 13.1. The fourth-order valence-corrected chi connectivity index (χ4v) is 5.34. The number of fused-ring (bicyclic) bond motifs is 3. The van der Waals surface area contributed by atoms with Crippen LogP contribution in [0.1, 0.15) is 52.9 Å². The average molecular weight is 456 g/mol. The minimum Gasteiger partial charge on any atom is -0.342 e. The molecular weight excluding hydrogens is 422 g/mol. The first-order valence-electron chi connectivity index (χ1n) is 11.6. The lowest BCUT2D eigenvalue weighted by molar-refractivity contribution is -0.129. The Hall–Kier alpha value is -2.35. The lowest BCUT2D eigenvalue weighted by Gasteiger charge is -2.33. The van der Waals surface area contributed by atoms with Gasteiger partial charge in [0.2, 0.25) is 11.7 Å². The molecule has 172 valence electrons. The van der Waals surface area contributed by atoms with E-state index in [1.54, 1.807) is 4.57 Å². The van der Waals surface area contributed by atoms with E-state index in [1.165, 1.54) is 24.6 Å². The Balaban J connectivity index is 1.61. The van der Waals surface area contributed by atoms with E-state index in [1.807, 2.05) is 40.6 Å². The number of amides is 1. The molecule has 1 aliphatic carbocycles. The molecule has 0 radical (unpaired) electrons. The molecule has 4 rings (SSSR count). The minimum atomic E-state index is -0.0416. The van der Waals surface area contributed by atoms with Crippen molar-refractivity contribution in [3.8, 4) is 0 Å². The standard InChI is InChI=1S/C24H33N5O2S/c1-16(2)13-14-28-22(31)19-7-5-6-8-20(19)29-23(28)25-26-24(29)32-15-21(30)27(4)18-11-9-17(3)10-12-18/h5-8,16-18H,9-15H2,1-4H3. The van der Waals surface area contributed by atoms with Crippen molar-refractivity contribution in [3.63, 3.8) is 0 Å². The van der Waals surface area contributed by atoms with E-state index in [9.17, 15) is 9.59 Å². The third-order valence-electron chi connectivity index (χ3n) is 6.66. The highest BCUT2D eigenvalue weighted by Crippen LogP contribution is 2.28. The topological polar surface area (TPSA) is 72.5 Å². The van der Waals surface area contributed by atoms with Crippen molar-refractivity contribution in [2.75, 3.05) is 12.8 Å². The number of hydrogen-bond acceptors (Lipinski definition) is 5. The zero-order valence-electron chi connectivity index (χ0n) is 19.5. The molecule has 2 aromatic heterocycles. The van der Waals surface area contributed by atoms with Crippen LogP contribution in [0.5, 0.6) is 0 Å². The Morgan fingerprint density at radius 1 is 1.19 bits per heavy atom. The molecule has 3 aromatic rings. The zero-order chi connectivity index (χ0) is 22.8. The first-order chi connectivity index (χ1) is 15.4. The number of carbonyl (C=O) groups excluding carboxylic acids is 1. The van der Waals surface area contributed by atoms with Gasteiger partial charge in [-0.05, 0) is 56.1 Å². The van der Waals surface area contributed by atoms with Crippen molar-refractivity contribution in [1.29, 1.82) is 0 Å². The highest BCUT2D eigenvalue weighted by atomic mass is 32.2. The Morgan fingerprint density at radius 2 is 1.91 bits per heavy atom. The number of aromatic nitrogens is 4. The number of aryl methyl sites for hydroxylation is 1. The highest BCUT2D eigenvalue weighted by Gasteiger charge is 2.25. The van der Waals surface area contributed by atoms with Crippen LogP contribution in [0.3, 0.4) is 0 Å². The van der Waals surface area contributed by atoms with E-state index in [-0.39, 0.29) is 11.5 Å². The van der Waals surface area contributed by atoms with Gasteiger partial charge in [-0.2, -0.15) is 0 Å². The van der Waals surface area contributed by atoms with Crippen molar-refractivity contribution in [2.45, 2.75) is 70.6 Å². The third-order valence-corrected chi connectivity index (χ3v) is 7.57. The third kappa shape index (κ3) is 4.56. The minimum absolute atomic E-state index is 0.0416. The molecule has 1 aliphatic rings. The first kappa shape index (κ1) is 22.8. The molecule has 32 heavy (non-hydrogen) atoms. The summed E-state index contributed by atoms with van der Waals surface area (Å²) < 4.78 is 3.65. The van der Waals surface area contributed by atoms with Crippen molar-refractivity contribution in [3.05, 3.63) is 34.6 Å². The van der Waals surface area contributed by atoms with E-state index in [4.69, 9.17) is 0 Å². The van der Waals surface area contributed by atoms with Gasteiger partial charge >= 0.3 is 0 Å². The molecule has 0 unspecified atom stereocenters. The lowest BCUT2D eigenvalue weighted by Crippen LogP contribution is -2.40. The van der Waals surface area contributed by atoms with Crippen LogP contribution in [0, 0.1) is 11.8 Å². The van der Waals surface area contributed by atoms with Gasteiger partial charge in [0, 0.05) is 19.6 Å². The van der Waals surface area contributed by atoms with Gasteiger partial charge < -0.3 is 4.90 Å². The second-order valence-electron chi connectivity index (χ2n) is 9.48. The normalized spacial score (nSPS) is 19.2. The summed E-state index contributed by atoms with van der Waals surface area (Å²) >= 11 is 1.39. The Kier molecular flexibility index (Phi) is 6.88. The average Bonchev–Trinajstić information content (AvgIpc) is 3.21. The van der Waals surface area contributed by atoms with Gasteiger partial charge in [0.15, 0.2) is 5.16 Å². The predicted octanol–water partition coefficient (Wildman–Crippen LogP) is 4.22. The van der Waals surface area contributed by atoms with Crippen LogP contribution in [0.2, 0.25) is 0 Å². The van der Waals surface area contributed by atoms with Crippen LogP contribution in [-0.4, -0.2) is 48.8 Å². The Labute approximate surface area is 193 Å². The molecule has 0 bridgehead atoms. The fourth-order valence-electron chi connectivity index (χ4n) is 4.48. The fraction of sp³-hybridized carbons (Fsp3) is 0.583. The molecule has 0 N–H and O–H groups in total. The van der Waals surface area contributed by atoms with Crippen LogP contribution in [-0.2, 0) is 11.3 Å². The molecule has 0 spiro atoms. The number of benzene rings is 1. The number of carbonyl (C=O) groups is 1. The SMILES string of the molecule is CC(C)CCn1c(=O)c2ccccc2n2c(SCC(=O)N(C)C3CCC(C)CC3)nnc12. The van der Waals surface area contributed by atoms with E-state index in [0.29, 0.717) is 40.6 Å². The van der Waals surface area contributed by atoms with Gasteiger partial charge in [0.05, 0.1) is 16.7 Å². The second kappa shape index (κ2) is 9.65. The Morgan fingerprint density at radius 3 is 2.62 bits per heavy atom. The summed E-state index contributed by atoms with van der Waals surface area (Å²) in [6, 6.07) is 7.89. The van der Waals surface area contributed by atoms with Crippen molar-refractivity contribution >= 4 is 34.3 Å². The molecule has 1 fully saturated rings. The van der Waals surface area contributed by atoms with Crippen LogP contribution < -0.4 is 5.56 Å². The second-order valence-corrected chi connectivity index (χ2v) is 10.4. The highest BCUT2D eigenvalue weighted by molar-refractivity contribution is 7.99. The van der Waals surface area contributed by atoms with Crippen molar-refractivity contribution in [2.24, 2.45) is 11.8 Å². The molecule has 1 amide bonds. The number of para-hydroxylation sites is 1. The summed E-state index contributed by atoms with van der Waals surface area (Å²) in [5, 5.41) is 10.0. The van der Waals surface area contributed by atoms with E-state index >= 15 is 0 Å². The van der Waals surface area contributed by atoms with Crippen molar-refractivity contribution < 1.29 is 4.79 Å². The maximum absolute atomic E-state index is 13.1. The number of rotatable bonds is 7. The zero-order valence-corrected chi connectivity index (χ0v) is 20.3. The summed E-state index contributed by atoms with van der Waals surface area (Å²) in [6.07, 6.45) is 5.41. The quantitative estimate of drug-likeness (QED) is 0.499. The molecule has 1 aromatic carbocycles. The number of nitrogens with zero attached hydrogens (tertiary/aromatic N) is 5. The van der Waals surface area contributed by atoms with Gasteiger partial charge in [0.1, 0.15) is 0 Å². The van der Waals surface area contributed by atoms with Gasteiger partial charge in [-0.1, -0.05) is 44.7 Å². The van der Waals surface area contributed by atoms with Crippen LogP contribution in [0.4, 0.5) is 0 Å². The predicted molar refractivity (Wildman–Crippen MR) is 129 cm³/mol. The smallest absolute Gasteiger partial charge is 0.262 e. The molecule has 8 heteroatoms. The largest absolute Gasteiger partial charge is 0.342 e. The molecule has 0 saturated heterocycles. The number of thioether (sulfide) groups is 1. The van der Waals surface area contributed by atoms with Crippen LogP contribution >= 0.6 is 11.8 Å². The summed E-state index contributed by atoms with van der Waals surface area (Å²) in [5.74, 6) is 2.19. The summed E-state index contributed by atoms with van der Waals surface area (Å²) in [7, 11) is 1.92. The van der Waals surface area contributed by atoms with Crippen LogP contribution in [0.15, 0.2) is 34.2 Å². The van der Waals surface area contributed by atoms with Gasteiger partial charge in [0.25, 0.3) is 5.56 Å². The van der Waals surface area contributed by atoms with Gasteiger partial charge in [-0.15, -0.1) is 10.2 Å². The van der Waals surface area contributed by atoms with E-state index in [0.717, 1.165) is 30.7 Å². The molecule has 0 aliphatic heterocycles. The lowest BCUT2D eigenvalue weighted by atomic mass is 9.87. The number of hydrogen-bond donors (Lipinski definition) is 0. The molecule has 7 nitrogen and oxygen atoms in total. The van der Waals surface area contributed by atoms with Gasteiger partial charge in [-0.25, -0.2) is 0 Å². The molecule has 2 heterocycles. The summed E-state index contributed by atoms with van der Waals surface area (Å²) in [4.78, 5) is 28.0. The van der Waals surface area contributed by atoms with E-state index in [2.05, 4.69) is 31.0 Å². The molecule has 0 atom stereocenters. The van der Waals surface area contributed by atoms with Crippen molar-refractivity contribution in [1.82, 2.24) is 24.1 Å².